The molecule has 0 N–H and O–H groups in total. The van der Waals surface area contributed by atoms with Crippen molar-refractivity contribution in [2.45, 2.75) is 25.7 Å². The molecule has 4 rings (SSSR count). The molecular formula is C16H12Cl2N4. The normalized spacial score (nSPS) is 14.1. The van der Waals surface area contributed by atoms with Crippen molar-refractivity contribution in [1.82, 2.24) is 20.4 Å². The monoisotopic (exact) mass is 330 g/mol. The summed E-state index contributed by atoms with van der Waals surface area (Å²) >= 11 is 12.3. The number of aryl methyl sites for hydroxylation is 1. The van der Waals surface area contributed by atoms with Crippen LogP contribution in [0.4, 0.5) is 0 Å². The van der Waals surface area contributed by atoms with Gasteiger partial charge >= 0.3 is 0 Å². The van der Waals surface area contributed by atoms with Gasteiger partial charge in [-0.1, -0.05) is 35.3 Å². The smallest absolute Gasteiger partial charge is 0.187 e. The average Bonchev–Trinajstić information content (AvgIpc) is 2.54. The molecule has 0 amide bonds. The van der Waals surface area contributed by atoms with Crippen molar-refractivity contribution in [3.05, 3.63) is 45.7 Å². The van der Waals surface area contributed by atoms with Crippen LogP contribution in [0.15, 0.2) is 24.3 Å². The molecule has 3 aromatic rings. The third-order valence-corrected chi connectivity index (χ3v) is 4.58. The van der Waals surface area contributed by atoms with Crippen molar-refractivity contribution in [2.75, 3.05) is 0 Å². The number of aromatic nitrogens is 4. The highest BCUT2D eigenvalue weighted by atomic mass is 35.5. The predicted molar refractivity (Wildman–Crippen MR) is 87.2 cm³/mol. The van der Waals surface area contributed by atoms with E-state index in [1.165, 1.54) is 5.56 Å². The number of hydrogen-bond acceptors (Lipinski definition) is 4. The Bertz CT molecular complexity index is 862. The van der Waals surface area contributed by atoms with Crippen LogP contribution >= 0.6 is 23.2 Å². The van der Waals surface area contributed by atoms with Crippen molar-refractivity contribution in [1.29, 1.82) is 0 Å². The maximum absolute atomic E-state index is 6.31. The van der Waals surface area contributed by atoms with E-state index in [4.69, 9.17) is 23.2 Å². The lowest BCUT2D eigenvalue weighted by Gasteiger charge is -2.20. The molecule has 0 saturated heterocycles. The minimum absolute atomic E-state index is 0.343. The van der Waals surface area contributed by atoms with Gasteiger partial charge in [-0.05, 0) is 54.2 Å². The first-order valence-electron chi connectivity index (χ1n) is 7.20. The summed E-state index contributed by atoms with van der Waals surface area (Å²) in [5, 5.41) is 13.5. The second kappa shape index (κ2) is 5.45. The van der Waals surface area contributed by atoms with Gasteiger partial charge in [-0.3, -0.25) is 0 Å². The van der Waals surface area contributed by atoms with Crippen LogP contribution in [0.3, 0.4) is 0 Å². The van der Waals surface area contributed by atoms with Gasteiger partial charge < -0.3 is 0 Å². The molecule has 0 saturated carbocycles. The van der Waals surface area contributed by atoms with Crippen molar-refractivity contribution in [2.24, 2.45) is 0 Å². The minimum atomic E-state index is 0.343. The summed E-state index contributed by atoms with van der Waals surface area (Å²) in [6, 6.07) is 7.77. The van der Waals surface area contributed by atoms with E-state index in [-0.39, 0.29) is 0 Å². The molecule has 0 radical (unpaired) electrons. The molecule has 1 aliphatic carbocycles. The number of hydrogen-bond donors (Lipinski definition) is 0. The number of pyridine rings is 1. The molecular weight excluding hydrogens is 319 g/mol. The Morgan fingerprint density at radius 3 is 2.50 bits per heavy atom. The maximum Gasteiger partial charge on any atom is 0.187 e. The van der Waals surface area contributed by atoms with Gasteiger partial charge in [0.1, 0.15) is 0 Å². The first kappa shape index (κ1) is 13.9. The molecule has 2 aromatic heterocycles. The average molecular weight is 331 g/mol. The van der Waals surface area contributed by atoms with Gasteiger partial charge in [0, 0.05) is 16.3 Å². The van der Waals surface area contributed by atoms with Crippen molar-refractivity contribution >= 4 is 34.2 Å². The zero-order chi connectivity index (χ0) is 15.1. The summed E-state index contributed by atoms with van der Waals surface area (Å²) in [4.78, 5) is 4.66. The lowest BCUT2D eigenvalue weighted by Crippen LogP contribution is -2.09. The zero-order valence-electron chi connectivity index (χ0n) is 11.7. The molecule has 0 unspecified atom stereocenters. The minimum Gasteiger partial charge on any atom is -0.231 e. The standard InChI is InChI=1S/C16H12Cl2N4/c17-10-7-5-9(6-8-10)13-11-3-1-2-4-12(11)19-16-14(13)15(18)20-22-21-16/h5-8H,1-4H2. The Balaban J connectivity index is 2.11. The molecule has 2 heterocycles. The predicted octanol–water partition coefficient (Wildman–Crippen LogP) is 4.27. The summed E-state index contributed by atoms with van der Waals surface area (Å²) in [6.07, 6.45) is 4.27. The highest BCUT2D eigenvalue weighted by molar-refractivity contribution is 6.35. The third kappa shape index (κ3) is 2.23. The Hall–Kier alpha value is -1.78. The number of fused-ring (bicyclic) bond motifs is 2. The quantitative estimate of drug-likeness (QED) is 0.668. The van der Waals surface area contributed by atoms with Crippen molar-refractivity contribution < 1.29 is 0 Å². The summed E-state index contributed by atoms with van der Waals surface area (Å²) < 4.78 is 0. The van der Waals surface area contributed by atoms with E-state index in [1.807, 2.05) is 24.3 Å². The van der Waals surface area contributed by atoms with Gasteiger partial charge in [0.25, 0.3) is 0 Å². The summed E-state index contributed by atoms with van der Waals surface area (Å²) in [7, 11) is 0. The molecule has 0 bridgehead atoms. The van der Waals surface area contributed by atoms with Crippen LogP contribution in [-0.2, 0) is 12.8 Å². The molecule has 1 aromatic carbocycles. The van der Waals surface area contributed by atoms with E-state index < -0.39 is 0 Å². The van der Waals surface area contributed by atoms with E-state index in [0.29, 0.717) is 15.8 Å². The van der Waals surface area contributed by atoms with Gasteiger partial charge in [-0.2, -0.15) is 0 Å². The molecule has 0 spiro atoms. The molecule has 0 fully saturated rings. The summed E-state index contributed by atoms with van der Waals surface area (Å²) in [5.74, 6) is 0. The van der Waals surface area contributed by atoms with E-state index in [0.717, 1.165) is 47.9 Å². The molecule has 0 aliphatic heterocycles. The number of benzene rings is 1. The van der Waals surface area contributed by atoms with Crippen LogP contribution in [0.1, 0.15) is 24.1 Å². The molecule has 6 heteroatoms. The summed E-state index contributed by atoms with van der Waals surface area (Å²) in [6.45, 7) is 0. The largest absolute Gasteiger partial charge is 0.231 e. The van der Waals surface area contributed by atoms with Gasteiger partial charge in [-0.15, -0.1) is 10.2 Å². The topological polar surface area (TPSA) is 51.6 Å². The van der Waals surface area contributed by atoms with Crippen LogP contribution in [0.5, 0.6) is 0 Å². The molecule has 1 aliphatic rings. The lowest BCUT2D eigenvalue weighted by atomic mass is 9.88. The third-order valence-electron chi connectivity index (χ3n) is 4.07. The van der Waals surface area contributed by atoms with Crippen LogP contribution in [0.2, 0.25) is 10.2 Å². The van der Waals surface area contributed by atoms with E-state index in [2.05, 4.69) is 20.4 Å². The SMILES string of the molecule is Clc1ccc(-c2c3c(nc4nnnc(Cl)c24)CCCC3)cc1. The Labute approximate surface area is 137 Å². The fraction of sp³-hybridized carbons (Fsp3) is 0.250. The fourth-order valence-electron chi connectivity index (χ4n) is 3.09. The molecule has 0 atom stereocenters. The highest BCUT2D eigenvalue weighted by Crippen LogP contribution is 2.38. The van der Waals surface area contributed by atoms with Gasteiger partial charge in [0.2, 0.25) is 0 Å². The number of halogens is 2. The fourth-order valence-corrected chi connectivity index (χ4v) is 3.42. The Kier molecular flexibility index (Phi) is 3.43. The van der Waals surface area contributed by atoms with Crippen LogP contribution in [0, 0.1) is 0 Å². The Morgan fingerprint density at radius 2 is 1.68 bits per heavy atom. The second-order valence-electron chi connectivity index (χ2n) is 5.40. The van der Waals surface area contributed by atoms with E-state index in [9.17, 15) is 0 Å². The van der Waals surface area contributed by atoms with Gasteiger partial charge in [0.05, 0.1) is 5.39 Å². The lowest BCUT2D eigenvalue weighted by molar-refractivity contribution is 0.670. The first-order chi connectivity index (χ1) is 10.7. The maximum atomic E-state index is 6.31. The number of nitrogens with zero attached hydrogens (tertiary/aromatic N) is 4. The molecule has 110 valence electrons. The van der Waals surface area contributed by atoms with Crippen LogP contribution in [-0.4, -0.2) is 20.4 Å². The van der Waals surface area contributed by atoms with Crippen molar-refractivity contribution in [3.8, 4) is 11.1 Å². The van der Waals surface area contributed by atoms with E-state index >= 15 is 0 Å². The second-order valence-corrected chi connectivity index (χ2v) is 6.20. The van der Waals surface area contributed by atoms with Crippen LogP contribution < -0.4 is 0 Å². The summed E-state index contributed by atoms with van der Waals surface area (Å²) in [5.41, 5.74) is 5.04. The van der Waals surface area contributed by atoms with Crippen LogP contribution in [0.25, 0.3) is 22.2 Å². The van der Waals surface area contributed by atoms with E-state index in [1.54, 1.807) is 0 Å². The Morgan fingerprint density at radius 1 is 0.909 bits per heavy atom. The zero-order valence-corrected chi connectivity index (χ0v) is 13.2. The molecule has 22 heavy (non-hydrogen) atoms. The molecule has 4 nitrogen and oxygen atoms in total. The highest BCUT2D eigenvalue weighted by Gasteiger charge is 2.22. The van der Waals surface area contributed by atoms with Gasteiger partial charge in [-0.25, -0.2) is 4.98 Å². The number of rotatable bonds is 1. The first-order valence-corrected chi connectivity index (χ1v) is 7.96. The van der Waals surface area contributed by atoms with Gasteiger partial charge in [0.15, 0.2) is 10.8 Å². The van der Waals surface area contributed by atoms with Crippen molar-refractivity contribution in [3.63, 3.8) is 0 Å².